The summed E-state index contributed by atoms with van der Waals surface area (Å²) in [5, 5.41) is 2.35. The summed E-state index contributed by atoms with van der Waals surface area (Å²) in [6.07, 6.45) is -1.87. The minimum absolute atomic E-state index is 0.750. The van der Waals surface area contributed by atoms with Gasteiger partial charge in [-0.2, -0.15) is 13.2 Å². The monoisotopic (exact) mass is 164 g/mol. The van der Waals surface area contributed by atoms with Gasteiger partial charge in [0.1, 0.15) is 6.17 Å². The van der Waals surface area contributed by atoms with Crippen molar-refractivity contribution in [1.82, 2.24) is 5.32 Å². The Balaban J connectivity index is 2.84. The molecule has 62 valence electrons. The number of allylic oxidation sites excluding steroid dienone is 2. The summed E-state index contributed by atoms with van der Waals surface area (Å²) in [4.78, 5) is 0. The lowest BCUT2D eigenvalue weighted by Crippen LogP contribution is -2.42. The molecule has 0 spiro atoms. The first-order valence-corrected chi connectivity index (χ1v) is 2.97. The van der Waals surface area contributed by atoms with E-state index in [1.165, 1.54) is 12.3 Å². The fourth-order valence-corrected chi connectivity index (χ4v) is 0.775. The smallest absolute Gasteiger partial charge is 0.372 e. The van der Waals surface area contributed by atoms with Crippen molar-refractivity contribution in [3.05, 3.63) is 23.9 Å². The van der Waals surface area contributed by atoms with E-state index in [0.717, 1.165) is 6.08 Å². The molecule has 1 rings (SSSR count). The molecule has 0 bridgehead atoms. The predicted molar refractivity (Wildman–Crippen MR) is 34.4 cm³/mol. The van der Waals surface area contributed by atoms with Gasteiger partial charge in [-0.1, -0.05) is 0 Å². The minimum atomic E-state index is -4.34. The van der Waals surface area contributed by atoms with E-state index in [1.54, 1.807) is 0 Å². The van der Waals surface area contributed by atoms with Gasteiger partial charge in [0.15, 0.2) is 0 Å². The van der Waals surface area contributed by atoms with Crippen LogP contribution in [0, 0.1) is 0 Å². The average Bonchev–Trinajstić information content (AvgIpc) is 1.86. The van der Waals surface area contributed by atoms with Crippen LogP contribution in [-0.4, -0.2) is 12.3 Å². The molecule has 0 aromatic rings. The van der Waals surface area contributed by atoms with E-state index in [4.69, 9.17) is 5.73 Å². The van der Waals surface area contributed by atoms with E-state index in [1.807, 2.05) is 0 Å². The third-order valence-corrected chi connectivity index (χ3v) is 1.31. The zero-order valence-corrected chi connectivity index (χ0v) is 5.52. The number of rotatable bonds is 0. The van der Waals surface area contributed by atoms with Gasteiger partial charge in [-0.3, -0.25) is 0 Å². The topological polar surface area (TPSA) is 38.0 Å². The zero-order valence-electron chi connectivity index (χ0n) is 5.52. The second-order valence-corrected chi connectivity index (χ2v) is 2.12. The lowest BCUT2D eigenvalue weighted by atomic mass is 10.1. The molecule has 1 aliphatic rings. The Kier molecular flexibility index (Phi) is 1.90. The Morgan fingerprint density at radius 3 is 2.45 bits per heavy atom. The Bertz CT molecular complexity index is 204. The number of alkyl halides is 3. The van der Waals surface area contributed by atoms with E-state index >= 15 is 0 Å². The molecule has 3 N–H and O–H groups in total. The van der Waals surface area contributed by atoms with Gasteiger partial charge >= 0.3 is 6.18 Å². The normalized spacial score (nSPS) is 24.4. The molecule has 1 heterocycles. The fraction of sp³-hybridized carbons (Fsp3) is 0.333. The molecule has 1 aliphatic heterocycles. The Hall–Kier alpha value is -0.970. The fourth-order valence-electron chi connectivity index (χ4n) is 0.775. The molecule has 0 saturated carbocycles. The number of halogens is 3. The van der Waals surface area contributed by atoms with Crippen molar-refractivity contribution in [2.75, 3.05) is 0 Å². The number of nitrogens with one attached hydrogen (secondary N) is 1. The van der Waals surface area contributed by atoms with Crippen molar-refractivity contribution in [2.24, 2.45) is 5.73 Å². The SMILES string of the molecule is NC1NC=CC=C1C(F)(F)F. The van der Waals surface area contributed by atoms with E-state index in [9.17, 15) is 13.2 Å². The van der Waals surface area contributed by atoms with Crippen LogP contribution in [0.15, 0.2) is 23.9 Å². The molecule has 0 radical (unpaired) electrons. The molecule has 1 unspecified atom stereocenters. The van der Waals surface area contributed by atoms with Crippen LogP contribution in [-0.2, 0) is 0 Å². The van der Waals surface area contributed by atoms with Crippen molar-refractivity contribution >= 4 is 0 Å². The highest BCUT2D eigenvalue weighted by Gasteiger charge is 2.37. The summed E-state index contributed by atoms with van der Waals surface area (Å²) in [6, 6.07) is 0. The molecule has 0 amide bonds. The van der Waals surface area contributed by atoms with Crippen molar-refractivity contribution in [3.8, 4) is 0 Å². The largest absolute Gasteiger partial charge is 0.415 e. The standard InChI is InChI=1S/C6H7F3N2/c7-6(8,9)4-2-1-3-11-5(4)10/h1-3,5,11H,10H2. The van der Waals surface area contributed by atoms with Gasteiger partial charge in [-0.05, 0) is 18.4 Å². The maximum Gasteiger partial charge on any atom is 0.415 e. The number of hydrogen-bond acceptors (Lipinski definition) is 2. The van der Waals surface area contributed by atoms with Gasteiger partial charge in [0.05, 0.1) is 5.57 Å². The quantitative estimate of drug-likeness (QED) is 0.557. The third kappa shape index (κ3) is 1.74. The van der Waals surface area contributed by atoms with Crippen LogP contribution in [0.2, 0.25) is 0 Å². The van der Waals surface area contributed by atoms with Gasteiger partial charge in [0.25, 0.3) is 0 Å². The summed E-state index contributed by atoms with van der Waals surface area (Å²) < 4.78 is 35.9. The van der Waals surface area contributed by atoms with Crippen molar-refractivity contribution < 1.29 is 13.2 Å². The minimum Gasteiger partial charge on any atom is -0.372 e. The highest BCUT2D eigenvalue weighted by Crippen LogP contribution is 2.27. The molecule has 0 fully saturated rings. The highest BCUT2D eigenvalue weighted by atomic mass is 19.4. The lowest BCUT2D eigenvalue weighted by molar-refractivity contribution is -0.0963. The molecule has 11 heavy (non-hydrogen) atoms. The van der Waals surface area contributed by atoms with Gasteiger partial charge in [-0.25, -0.2) is 0 Å². The van der Waals surface area contributed by atoms with Crippen LogP contribution in [0.4, 0.5) is 13.2 Å². The molecule has 0 saturated heterocycles. The average molecular weight is 164 g/mol. The lowest BCUT2D eigenvalue weighted by Gasteiger charge is -2.20. The number of dihydropyridines is 1. The van der Waals surface area contributed by atoms with Crippen LogP contribution in [0.25, 0.3) is 0 Å². The summed E-state index contributed by atoms with van der Waals surface area (Å²) in [5.74, 6) is 0. The van der Waals surface area contributed by atoms with E-state index in [0.29, 0.717) is 0 Å². The second kappa shape index (κ2) is 2.58. The highest BCUT2D eigenvalue weighted by molar-refractivity contribution is 5.25. The molecule has 5 heteroatoms. The van der Waals surface area contributed by atoms with Crippen LogP contribution in [0.1, 0.15) is 0 Å². The van der Waals surface area contributed by atoms with E-state index in [-0.39, 0.29) is 0 Å². The molecule has 0 aliphatic carbocycles. The van der Waals surface area contributed by atoms with E-state index < -0.39 is 17.9 Å². The number of nitrogens with two attached hydrogens (primary N) is 1. The van der Waals surface area contributed by atoms with E-state index in [2.05, 4.69) is 5.32 Å². The first-order chi connectivity index (χ1) is 5.02. The molecule has 0 aromatic heterocycles. The van der Waals surface area contributed by atoms with Crippen molar-refractivity contribution in [2.45, 2.75) is 12.3 Å². The maximum absolute atomic E-state index is 12.0. The zero-order chi connectivity index (χ0) is 8.48. The maximum atomic E-state index is 12.0. The molecular weight excluding hydrogens is 157 g/mol. The van der Waals surface area contributed by atoms with Crippen LogP contribution < -0.4 is 11.1 Å². The van der Waals surface area contributed by atoms with Crippen LogP contribution >= 0.6 is 0 Å². The van der Waals surface area contributed by atoms with Gasteiger partial charge < -0.3 is 11.1 Å². The number of hydrogen-bond donors (Lipinski definition) is 2. The summed E-state index contributed by atoms with van der Waals surface area (Å²) in [5.41, 5.74) is 4.36. The summed E-state index contributed by atoms with van der Waals surface area (Å²) in [7, 11) is 0. The first kappa shape index (κ1) is 8.13. The second-order valence-electron chi connectivity index (χ2n) is 2.12. The molecule has 0 aromatic carbocycles. The summed E-state index contributed by atoms with van der Waals surface area (Å²) >= 11 is 0. The molecular formula is C6H7F3N2. The van der Waals surface area contributed by atoms with Crippen molar-refractivity contribution in [1.29, 1.82) is 0 Å². The van der Waals surface area contributed by atoms with Gasteiger partial charge in [0.2, 0.25) is 0 Å². The Morgan fingerprint density at radius 1 is 1.45 bits per heavy atom. The molecule has 2 nitrogen and oxygen atoms in total. The Labute approximate surface area is 61.6 Å². The summed E-state index contributed by atoms with van der Waals surface area (Å²) in [6.45, 7) is 0. The molecule has 1 atom stereocenters. The first-order valence-electron chi connectivity index (χ1n) is 2.97. The van der Waals surface area contributed by atoms with Crippen LogP contribution in [0.3, 0.4) is 0 Å². The van der Waals surface area contributed by atoms with Crippen LogP contribution in [0.5, 0.6) is 0 Å². The van der Waals surface area contributed by atoms with Crippen molar-refractivity contribution in [3.63, 3.8) is 0 Å². The van der Waals surface area contributed by atoms with Gasteiger partial charge in [-0.15, -0.1) is 0 Å². The Morgan fingerprint density at radius 2 is 2.09 bits per heavy atom. The predicted octanol–water partition coefficient (Wildman–Crippen LogP) is 0.877. The van der Waals surface area contributed by atoms with Gasteiger partial charge in [0, 0.05) is 0 Å². The third-order valence-electron chi connectivity index (χ3n) is 1.31.